The molecule has 21 heavy (non-hydrogen) atoms. The van der Waals surface area contributed by atoms with E-state index in [1.807, 2.05) is 0 Å². The van der Waals surface area contributed by atoms with Gasteiger partial charge in [0.15, 0.2) is 0 Å². The van der Waals surface area contributed by atoms with Crippen molar-refractivity contribution >= 4 is 17.8 Å². The number of rotatable bonds is 4. The summed E-state index contributed by atoms with van der Waals surface area (Å²) >= 11 is 0. The maximum Gasteiger partial charge on any atom is 0.320 e. The minimum atomic E-state index is -0.739. The SMILES string of the molecule is CC(=O)NCC(=O)N1CCC(N2CCCC2C(=O)O)CC1. The Labute approximate surface area is 124 Å². The predicted molar refractivity (Wildman–Crippen MR) is 75.6 cm³/mol. The van der Waals surface area contributed by atoms with Crippen molar-refractivity contribution in [2.45, 2.75) is 44.7 Å². The first-order chi connectivity index (χ1) is 9.99. The number of nitrogens with one attached hydrogen (secondary N) is 1. The van der Waals surface area contributed by atoms with Crippen molar-refractivity contribution < 1.29 is 19.5 Å². The summed E-state index contributed by atoms with van der Waals surface area (Å²) in [5, 5.41) is 11.7. The first-order valence-electron chi connectivity index (χ1n) is 7.50. The van der Waals surface area contributed by atoms with Crippen molar-refractivity contribution in [3.63, 3.8) is 0 Å². The zero-order valence-corrected chi connectivity index (χ0v) is 12.4. The molecule has 2 fully saturated rings. The smallest absolute Gasteiger partial charge is 0.320 e. The summed E-state index contributed by atoms with van der Waals surface area (Å²) < 4.78 is 0. The van der Waals surface area contributed by atoms with Crippen LogP contribution in [0.25, 0.3) is 0 Å². The zero-order valence-electron chi connectivity index (χ0n) is 12.4. The third-order valence-corrected chi connectivity index (χ3v) is 4.35. The van der Waals surface area contributed by atoms with Crippen LogP contribution in [0.4, 0.5) is 0 Å². The number of aliphatic carboxylic acids is 1. The zero-order chi connectivity index (χ0) is 15.4. The van der Waals surface area contributed by atoms with Crippen LogP contribution in [0.15, 0.2) is 0 Å². The number of hydrogen-bond acceptors (Lipinski definition) is 4. The van der Waals surface area contributed by atoms with Gasteiger partial charge in [-0.15, -0.1) is 0 Å². The van der Waals surface area contributed by atoms with Gasteiger partial charge in [-0.1, -0.05) is 0 Å². The maximum absolute atomic E-state index is 11.9. The molecule has 118 valence electrons. The monoisotopic (exact) mass is 297 g/mol. The Balaban J connectivity index is 1.81. The lowest BCUT2D eigenvalue weighted by atomic mass is 10.0. The molecule has 2 aliphatic heterocycles. The molecule has 0 aliphatic carbocycles. The minimum absolute atomic E-state index is 0.0431. The van der Waals surface area contributed by atoms with Gasteiger partial charge in [0.1, 0.15) is 6.04 Å². The van der Waals surface area contributed by atoms with E-state index in [0.717, 1.165) is 32.2 Å². The highest BCUT2D eigenvalue weighted by atomic mass is 16.4. The van der Waals surface area contributed by atoms with E-state index in [1.54, 1.807) is 4.90 Å². The molecule has 1 unspecified atom stereocenters. The van der Waals surface area contributed by atoms with Gasteiger partial charge >= 0.3 is 5.97 Å². The second-order valence-electron chi connectivity index (χ2n) is 5.76. The van der Waals surface area contributed by atoms with Crippen LogP contribution in [0.1, 0.15) is 32.6 Å². The third kappa shape index (κ3) is 3.93. The Kier molecular flexibility index (Phi) is 5.17. The fraction of sp³-hybridized carbons (Fsp3) is 0.786. The van der Waals surface area contributed by atoms with E-state index in [9.17, 15) is 19.5 Å². The quantitative estimate of drug-likeness (QED) is 0.741. The number of carbonyl (C=O) groups is 3. The van der Waals surface area contributed by atoms with Crippen LogP contribution in [0, 0.1) is 0 Å². The number of carboxylic acid groups (broad SMARTS) is 1. The molecular weight excluding hydrogens is 274 g/mol. The highest BCUT2D eigenvalue weighted by Gasteiger charge is 2.37. The lowest BCUT2D eigenvalue weighted by Crippen LogP contribution is -2.51. The summed E-state index contributed by atoms with van der Waals surface area (Å²) in [5.41, 5.74) is 0. The molecule has 2 heterocycles. The number of amides is 2. The first kappa shape index (κ1) is 15.8. The normalized spacial score (nSPS) is 24.0. The molecule has 2 rings (SSSR count). The number of nitrogens with zero attached hydrogens (tertiary/aromatic N) is 2. The van der Waals surface area contributed by atoms with Crippen LogP contribution >= 0.6 is 0 Å². The molecule has 1 atom stereocenters. The highest BCUT2D eigenvalue weighted by Crippen LogP contribution is 2.26. The van der Waals surface area contributed by atoms with Gasteiger partial charge in [-0.25, -0.2) is 0 Å². The molecule has 0 spiro atoms. The van der Waals surface area contributed by atoms with Gasteiger partial charge in [0, 0.05) is 26.1 Å². The van der Waals surface area contributed by atoms with Gasteiger partial charge < -0.3 is 15.3 Å². The predicted octanol–water partition coefficient (Wildman–Crippen LogP) is -0.337. The standard InChI is InChI=1S/C14H23N3O4/c1-10(18)15-9-13(19)16-7-4-11(5-8-16)17-6-2-3-12(17)14(20)21/h11-12H,2-9H2,1H3,(H,15,18)(H,20,21). The summed E-state index contributed by atoms with van der Waals surface area (Å²) in [6, 6.07) is -0.116. The molecule has 2 saturated heterocycles. The third-order valence-electron chi connectivity index (χ3n) is 4.35. The Morgan fingerprint density at radius 3 is 2.38 bits per heavy atom. The fourth-order valence-corrected chi connectivity index (χ4v) is 3.25. The molecule has 7 nitrogen and oxygen atoms in total. The molecule has 0 aromatic carbocycles. The van der Waals surface area contributed by atoms with E-state index >= 15 is 0 Å². The van der Waals surface area contributed by atoms with Crippen molar-refractivity contribution in [2.75, 3.05) is 26.2 Å². The van der Waals surface area contributed by atoms with Crippen LogP contribution in [0.3, 0.4) is 0 Å². The van der Waals surface area contributed by atoms with E-state index in [-0.39, 0.29) is 30.4 Å². The summed E-state index contributed by atoms with van der Waals surface area (Å²) in [6.45, 7) is 3.53. The van der Waals surface area contributed by atoms with Gasteiger partial charge in [0.25, 0.3) is 0 Å². The highest BCUT2D eigenvalue weighted by molar-refractivity contribution is 5.83. The van der Waals surface area contributed by atoms with Crippen molar-refractivity contribution in [2.24, 2.45) is 0 Å². The largest absolute Gasteiger partial charge is 0.480 e. The number of piperidine rings is 1. The number of carboxylic acids is 1. The second kappa shape index (κ2) is 6.89. The maximum atomic E-state index is 11.9. The summed E-state index contributed by atoms with van der Waals surface area (Å²) in [7, 11) is 0. The van der Waals surface area contributed by atoms with E-state index in [0.29, 0.717) is 13.1 Å². The van der Waals surface area contributed by atoms with Gasteiger partial charge in [-0.2, -0.15) is 0 Å². The molecule has 0 bridgehead atoms. The molecule has 2 aliphatic rings. The van der Waals surface area contributed by atoms with E-state index in [2.05, 4.69) is 10.2 Å². The minimum Gasteiger partial charge on any atom is -0.480 e. The van der Waals surface area contributed by atoms with Crippen LogP contribution in [-0.2, 0) is 14.4 Å². The van der Waals surface area contributed by atoms with E-state index in [4.69, 9.17) is 0 Å². The Bertz CT molecular complexity index is 418. The van der Waals surface area contributed by atoms with Gasteiger partial charge in [0.05, 0.1) is 6.54 Å². The summed E-state index contributed by atoms with van der Waals surface area (Å²) in [4.78, 5) is 37.8. The van der Waals surface area contributed by atoms with Crippen LogP contribution in [0.2, 0.25) is 0 Å². The van der Waals surface area contributed by atoms with Crippen molar-refractivity contribution in [3.8, 4) is 0 Å². The topological polar surface area (TPSA) is 90.0 Å². The van der Waals surface area contributed by atoms with Crippen LogP contribution in [0.5, 0.6) is 0 Å². The van der Waals surface area contributed by atoms with Crippen LogP contribution in [-0.4, -0.2) is 71.0 Å². The van der Waals surface area contributed by atoms with Gasteiger partial charge in [-0.05, 0) is 32.2 Å². The van der Waals surface area contributed by atoms with E-state index in [1.165, 1.54) is 6.92 Å². The van der Waals surface area contributed by atoms with Crippen LogP contribution < -0.4 is 5.32 Å². The van der Waals surface area contributed by atoms with Gasteiger partial charge in [-0.3, -0.25) is 19.3 Å². The molecular formula is C14H23N3O4. The average molecular weight is 297 g/mol. The molecule has 0 radical (unpaired) electrons. The second-order valence-corrected chi connectivity index (χ2v) is 5.76. The molecule has 0 aromatic heterocycles. The Hall–Kier alpha value is -1.63. The van der Waals surface area contributed by atoms with E-state index < -0.39 is 5.97 Å². The van der Waals surface area contributed by atoms with Crippen molar-refractivity contribution in [3.05, 3.63) is 0 Å². The molecule has 2 amide bonds. The number of hydrogen-bond donors (Lipinski definition) is 2. The molecule has 0 aromatic rings. The van der Waals surface area contributed by atoms with Crippen molar-refractivity contribution in [1.29, 1.82) is 0 Å². The lowest BCUT2D eigenvalue weighted by Gasteiger charge is -2.38. The lowest BCUT2D eigenvalue weighted by molar-refractivity contribution is -0.144. The van der Waals surface area contributed by atoms with Crippen molar-refractivity contribution in [1.82, 2.24) is 15.1 Å². The summed E-state index contributed by atoms with van der Waals surface area (Å²) in [5.74, 6) is -1.02. The average Bonchev–Trinajstić information content (AvgIpc) is 2.94. The Morgan fingerprint density at radius 2 is 1.81 bits per heavy atom. The Morgan fingerprint density at radius 1 is 1.14 bits per heavy atom. The van der Waals surface area contributed by atoms with Gasteiger partial charge in [0.2, 0.25) is 11.8 Å². The first-order valence-corrected chi connectivity index (χ1v) is 7.50. The molecule has 2 N–H and O–H groups in total. The fourth-order valence-electron chi connectivity index (χ4n) is 3.25. The molecule has 0 saturated carbocycles. The summed E-state index contributed by atoms with van der Waals surface area (Å²) in [6.07, 6.45) is 3.25. The number of carbonyl (C=O) groups excluding carboxylic acids is 2. The molecule has 7 heteroatoms. The number of likely N-dealkylation sites (tertiary alicyclic amines) is 2.